The Labute approximate surface area is 128 Å². The van der Waals surface area contributed by atoms with E-state index in [4.69, 9.17) is 21.4 Å². The third-order valence-corrected chi connectivity index (χ3v) is 3.59. The van der Waals surface area contributed by atoms with Crippen LogP contribution in [0.1, 0.15) is 25.3 Å². The number of hydrogen-bond donors (Lipinski definition) is 1. The van der Waals surface area contributed by atoms with E-state index in [1.54, 1.807) is 18.2 Å². The molecule has 1 aromatic carbocycles. The molecule has 21 heavy (non-hydrogen) atoms. The zero-order chi connectivity index (χ0) is 15.4. The van der Waals surface area contributed by atoms with Gasteiger partial charge < -0.3 is 14.7 Å². The molecule has 5 nitrogen and oxygen atoms in total. The Morgan fingerprint density at radius 2 is 2.14 bits per heavy atom. The number of carboxylic acid groups (broad SMARTS) is 1. The molecule has 0 spiro atoms. The SMILES string of the molecule is CCOc1c(Cl)cccc1CC(=O)N(CC(=O)O)C1CC1. The summed E-state index contributed by atoms with van der Waals surface area (Å²) < 4.78 is 5.49. The zero-order valence-electron chi connectivity index (χ0n) is 11.8. The zero-order valence-corrected chi connectivity index (χ0v) is 12.6. The molecular weight excluding hydrogens is 294 g/mol. The second kappa shape index (κ2) is 6.80. The van der Waals surface area contributed by atoms with Crippen LogP contribution >= 0.6 is 11.6 Å². The van der Waals surface area contributed by atoms with E-state index >= 15 is 0 Å². The highest BCUT2D eigenvalue weighted by Gasteiger charge is 2.34. The van der Waals surface area contributed by atoms with Gasteiger partial charge in [0.15, 0.2) is 0 Å². The molecule has 0 saturated heterocycles. The van der Waals surface area contributed by atoms with E-state index < -0.39 is 5.97 Å². The average molecular weight is 312 g/mol. The van der Waals surface area contributed by atoms with Crippen LogP contribution in [0, 0.1) is 0 Å². The first-order valence-electron chi connectivity index (χ1n) is 6.94. The Morgan fingerprint density at radius 1 is 1.43 bits per heavy atom. The number of amides is 1. The fourth-order valence-corrected chi connectivity index (χ4v) is 2.46. The molecule has 0 aliphatic heterocycles. The lowest BCUT2D eigenvalue weighted by atomic mass is 10.1. The number of benzene rings is 1. The number of hydrogen-bond acceptors (Lipinski definition) is 3. The highest BCUT2D eigenvalue weighted by Crippen LogP contribution is 2.31. The summed E-state index contributed by atoms with van der Waals surface area (Å²) in [6, 6.07) is 5.30. The Hall–Kier alpha value is -1.75. The van der Waals surface area contributed by atoms with Crippen molar-refractivity contribution in [3.8, 4) is 5.75 Å². The fraction of sp³-hybridized carbons (Fsp3) is 0.467. The second-order valence-electron chi connectivity index (χ2n) is 4.98. The summed E-state index contributed by atoms with van der Waals surface area (Å²) in [5.74, 6) is -0.699. The normalized spacial score (nSPS) is 13.8. The lowest BCUT2D eigenvalue weighted by molar-refractivity contribution is -0.144. The van der Waals surface area contributed by atoms with Gasteiger partial charge in [-0.05, 0) is 25.8 Å². The van der Waals surface area contributed by atoms with E-state index in [-0.39, 0.29) is 24.9 Å². The topological polar surface area (TPSA) is 66.8 Å². The van der Waals surface area contributed by atoms with Gasteiger partial charge in [0.05, 0.1) is 18.1 Å². The van der Waals surface area contributed by atoms with E-state index in [1.165, 1.54) is 4.90 Å². The minimum atomic E-state index is -0.994. The predicted octanol–water partition coefficient (Wildman–Crippen LogP) is 2.36. The van der Waals surface area contributed by atoms with Crippen molar-refractivity contribution in [1.29, 1.82) is 0 Å². The largest absolute Gasteiger partial charge is 0.492 e. The van der Waals surface area contributed by atoms with E-state index in [0.717, 1.165) is 12.8 Å². The summed E-state index contributed by atoms with van der Waals surface area (Å²) in [5, 5.41) is 9.38. The molecule has 2 rings (SSSR count). The molecule has 1 fully saturated rings. The smallest absolute Gasteiger partial charge is 0.323 e. The van der Waals surface area contributed by atoms with Crippen molar-refractivity contribution < 1.29 is 19.4 Å². The summed E-state index contributed by atoms with van der Waals surface area (Å²) in [7, 11) is 0. The lowest BCUT2D eigenvalue weighted by Gasteiger charge is -2.21. The van der Waals surface area contributed by atoms with Crippen molar-refractivity contribution in [2.45, 2.75) is 32.2 Å². The van der Waals surface area contributed by atoms with Crippen LogP contribution in [0.3, 0.4) is 0 Å². The van der Waals surface area contributed by atoms with Gasteiger partial charge in [0.1, 0.15) is 12.3 Å². The van der Waals surface area contributed by atoms with Gasteiger partial charge in [0.2, 0.25) is 5.91 Å². The number of carbonyl (C=O) groups excluding carboxylic acids is 1. The number of carbonyl (C=O) groups is 2. The van der Waals surface area contributed by atoms with Gasteiger partial charge >= 0.3 is 5.97 Å². The molecular formula is C15H18ClNO4. The van der Waals surface area contributed by atoms with Gasteiger partial charge in [-0.1, -0.05) is 23.7 Å². The number of nitrogens with zero attached hydrogens (tertiary/aromatic N) is 1. The van der Waals surface area contributed by atoms with Crippen LogP contribution in [0.2, 0.25) is 5.02 Å². The summed E-state index contributed by atoms with van der Waals surface area (Å²) in [4.78, 5) is 24.7. The summed E-state index contributed by atoms with van der Waals surface area (Å²) in [6.45, 7) is 2.04. The summed E-state index contributed by atoms with van der Waals surface area (Å²) in [6.07, 6.45) is 1.83. The molecule has 1 aliphatic carbocycles. The van der Waals surface area contributed by atoms with Crippen LogP contribution < -0.4 is 4.74 Å². The van der Waals surface area contributed by atoms with Gasteiger partial charge in [-0.15, -0.1) is 0 Å². The van der Waals surface area contributed by atoms with E-state index in [2.05, 4.69) is 0 Å². The summed E-state index contributed by atoms with van der Waals surface area (Å²) in [5.41, 5.74) is 0.686. The molecule has 0 unspecified atom stereocenters. The van der Waals surface area contributed by atoms with Crippen molar-refractivity contribution in [3.63, 3.8) is 0 Å². The number of para-hydroxylation sites is 1. The molecule has 1 N–H and O–H groups in total. The summed E-state index contributed by atoms with van der Waals surface area (Å²) >= 11 is 6.09. The number of aliphatic carboxylic acids is 1. The van der Waals surface area contributed by atoms with E-state index in [9.17, 15) is 9.59 Å². The number of halogens is 1. The molecule has 0 atom stereocenters. The maximum Gasteiger partial charge on any atom is 0.323 e. The third-order valence-electron chi connectivity index (χ3n) is 3.29. The van der Waals surface area contributed by atoms with Gasteiger partial charge in [-0.2, -0.15) is 0 Å². The molecule has 0 radical (unpaired) electrons. The third kappa shape index (κ3) is 4.11. The Bertz CT molecular complexity index is 542. The van der Waals surface area contributed by atoms with Crippen molar-refractivity contribution >= 4 is 23.5 Å². The van der Waals surface area contributed by atoms with Crippen LogP contribution in [0.15, 0.2) is 18.2 Å². The first kappa shape index (κ1) is 15.6. The van der Waals surface area contributed by atoms with Crippen molar-refractivity contribution in [2.24, 2.45) is 0 Å². The average Bonchev–Trinajstić information content (AvgIpc) is 3.24. The van der Waals surface area contributed by atoms with Crippen LogP contribution in [0.5, 0.6) is 5.75 Å². The maximum atomic E-state index is 12.4. The second-order valence-corrected chi connectivity index (χ2v) is 5.39. The molecule has 1 amide bonds. The number of carboxylic acids is 1. The quantitative estimate of drug-likeness (QED) is 0.839. The van der Waals surface area contributed by atoms with Gasteiger partial charge in [0.25, 0.3) is 0 Å². The van der Waals surface area contributed by atoms with Crippen molar-refractivity contribution in [2.75, 3.05) is 13.2 Å². The van der Waals surface area contributed by atoms with E-state index in [1.807, 2.05) is 6.92 Å². The minimum Gasteiger partial charge on any atom is -0.492 e. The minimum absolute atomic E-state index is 0.0586. The Morgan fingerprint density at radius 3 is 2.71 bits per heavy atom. The molecule has 114 valence electrons. The molecule has 1 aromatic rings. The van der Waals surface area contributed by atoms with Crippen LogP contribution in [-0.2, 0) is 16.0 Å². The van der Waals surface area contributed by atoms with Gasteiger partial charge in [-0.25, -0.2) is 0 Å². The molecule has 0 heterocycles. The monoisotopic (exact) mass is 311 g/mol. The van der Waals surface area contributed by atoms with Crippen LogP contribution in [0.25, 0.3) is 0 Å². The first-order valence-corrected chi connectivity index (χ1v) is 7.32. The molecule has 6 heteroatoms. The molecule has 0 bridgehead atoms. The molecule has 1 aliphatic rings. The lowest BCUT2D eigenvalue weighted by Crippen LogP contribution is -2.38. The predicted molar refractivity (Wildman–Crippen MR) is 78.7 cm³/mol. The first-order chi connectivity index (χ1) is 10.0. The van der Waals surface area contributed by atoms with Crippen molar-refractivity contribution in [3.05, 3.63) is 28.8 Å². The Kier molecular flexibility index (Phi) is 5.07. The number of ether oxygens (including phenoxy) is 1. The molecule has 0 aromatic heterocycles. The van der Waals surface area contributed by atoms with Crippen molar-refractivity contribution in [1.82, 2.24) is 4.90 Å². The Balaban J connectivity index is 2.14. The standard InChI is InChI=1S/C15H18ClNO4/c1-2-21-15-10(4-3-5-12(15)16)8-13(18)17(9-14(19)20)11-6-7-11/h3-5,11H,2,6-9H2,1H3,(H,19,20). The number of rotatable bonds is 7. The van der Waals surface area contributed by atoms with Crippen LogP contribution in [-0.4, -0.2) is 41.1 Å². The maximum absolute atomic E-state index is 12.4. The van der Waals surface area contributed by atoms with Gasteiger partial charge in [0, 0.05) is 11.6 Å². The van der Waals surface area contributed by atoms with Crippen LogP contribution in [0.4, 0.5) is 0 Å². The highest BCUT2D eigenvalue weighted by atomic mass is 35.5. The molecule has 1 saturated carbocycles. The van der Waals surface area contributed by atoms with E-state index in [0.29, 0.717) is 22.9 Å². The van der Waals surface area contributed by atoms with Gasteiger partial charge in [-0.3, -0.25) is 9.59 Å². The highest BCUT2D eigenvalue weighted by molar-refractivity contribution is 6.32. The fourth-order valence-electron chi connectivity index (χ4n) is 2.22.